The third kappa shape index (κ3) is 3.76. The van der Waals surface area contributed by atoms with Crippen LogP contribution in [0.15, 0.2) is 29.2 Å². The molecule has 0 radical (unpaired) electrons. The van der Waals surface area contributed by atoms with Gasteiger partial charge >= 0.3 is 0 Å². The molecule has 0 fully saturated rings. The third-order valence-corrected chi connectivity index (χ3v) is 4.77. The summed E-state index contributed by atoms with van der Waals surface area (Å²) in [5, 5.41) is 2.45. The molecule has 0 saturated carbocycles. The van der Waals surface area contributed by atoms with Gasteiger partial charge in [0.1, 0.15) is 0 Å². The van der Waals surface area contributed by atoms with Crippen molar-refractivity contribution in [2.75, 3.05) is 20.6 Å². The van der Waals surface area contributed by atoms with E-state index in [1.54, 1.807) is 18.2 Å². The highest BCUT2D eigenvalue weighted by atomic mass is 32.2. The zero-order chi connectivity index (χ0) is 14.5. The number of rotatable bonds is 6. The number of amides is 1. The summed E-state index contributed by atoms with van der Waals surface area (Å²) in [6.45, 7) is 0.277. The first kappa shape index (κ1) is 15.6. The van der Waals surface area contributed by atoms with E-state index in [2.05, 4.69) is 5.32 Å². The molecule has 0 aliphatic rings. The molecule has 0 saturated heterocycles. The van der Waals surface area contributed by atoms with Gasteiger partial charge in [-0.05, 0) is 11.6 Å². The van der Waals surface area contributed by atoms with E-state index in [-0.39, 0.29) is 30.3 Å². The van der Waals surface area contributed by atoms with Crippen LogP contribution in [-0.4, -0.2) is 39.3 Å². The monoisotopic (exact) mass is 285 g/mol. The van der Waals surface area contributed by atoms with Crippen molar-refractivity contribution in [3.05, 3.63) is 29.8 Å². The molecule has 1 aromatic rings. The van der Waals surface area contributed by atoms with Crippen molar-refractivity contribution >= 4 is 15.9 Å². The molecule has 1 rings (SSSR count). The molecule has 0 atom stereocenters. The van der Waals surface area contributed by atoms with Crippen LogP contribution in [0.25, 0.3) is 0 Å². The minimum Gasteiger partial charge on any atom is -0.359 e. The molecule has 7 heteroatoms. The Kier molecular flexibility index (Phi) is 5.46. The Morgan fingerprint density at radius 1 is 1.37 bits per heavy atom. The van der Waals surface area contributed by atoms with Crippen LogP contribution in [0.4, 0.5) is 0 Å². The van der Waals surface area contributed by atoms with Crippen LogP contribution in [0.1, 0.15) is 12.0 Å². The first-order valence-electron chi connectivity index (χ1n) is 5.88. The van der Waals surface area contributed by atoms with Crippen molar-refractivity contribution in [1.29, 1.82) is 0 Å². The highest BCUT2D eigenvalue weighted by Crippen LogP contribution is 2.18. The topological polar surface area (TPSA) is 92.5 Å². The summed E-state index contributed by atoms with van der Waals surface area (Å²) in [4.78, 5) is 11.3. The third-order valence-electron chi connectivity index (χ3n) is 2.81. The maximum atomic E-state index is 12.4. The summed E-state index contributed by atoms with van der Waals surface area (Å²) in [5.41, 5.74) is 6.11. The van der Waals surface area contributed by atoms with Crippen LogP contribution >= 0.6 is 0 Å². The van der Waals surface area contributed by atoms with Crippen molar-refractivity contribution in [2.24, 2.45) is 5.73 Å². The number of sulfonamides is 1. The first-order chi connectivity index (χ1) is 8.93. The van der Waals surface area contributed by atoms with E-state index in [1.165, 1.54) is 20.2 Å². The molecular weight excluding hydrogens is 266 g/mol. The smallest absolute Gasteiger partial charge is 0.243 e. The zero-order valence-corrected chi connectivity index (χ0v) is 11.9. The van der Waals surface area contributed by atoms with E-state index >= 15 is 0 Å². The number of carbonyl (C=O) groups excluding carboxylic acids is 1. The van der Waals surface area contributed by atoms with Crippen LogP contribution in [0.3, 0.4) is 0 Å². The molecular formula is C12H19N3O3S. The molecule has 0 unspecified atom stereocenters. The molecule has 0 spiro atoms. The van der Waals surface area contributed by atoms with Crippen LogP contribution in [-0.2, 0) is 21.4 Å². The lowest BCUT2D eigenvalue weighted by atomic mass is 10.2. The molecule has 0 bridgehead atoms. The number of nitrogens with two attached hydrogens (primary N) is 1. The molecule has 3 N–H and O–H groups in total. The Labute approximate surface area is 113 Å². The fourth-order valence-electron chi connectivity index (χ4n) is 1.60. The molecule has 0 aromatic heterocycles. The summed E-state index contributed by atoms with van der Waals surface area (Å²) >= 11 is 0. The number of nitrogens with zero attached hydrogens (tertiary/aromatic N) is 1. The van der Waals surface area contributed by atoms with Crippen LogP contribution in [0.5, 0.6) is 0 Å². The van der Waals surface area contributed by atoms with Gasteiger partial charge in [-0.1, -0.05) is 18.2 Å². The molecule has 106 valence electrons. The predicted molar refractivity (Wildman–Crippen MR) is 72.8 cm³/mol. The van der Waals surface area contributed by atoms with Gasteiger partial charge in [0.2, 0.25) is 15.9 Å². The van der Waals surface area contributed by atoms with E-state index in [9.17, 15) is 13.2 Å². The van der Waals surface area contributed by atoms with E-state index in [1.807, 2.05) is 0 Å². The largest absolute Gasteiger partial charge is 0.359 e. The Balaban J connectivity index is 2.94. The zero-order valence-electron chi connectivity index (χ0n) is 11.1. The van der Waals surface area contributed by atoms with E-state index in [0.29, 0.717) is 5.56 Å². The Morgan fingerprint density at radius 2 is 2.00 bits per heavy atom. The molecule has 6 nitrogen and oxygen atoms in total. The number of benzene rings is 1. The van der Waals surface area contributed by atoms with Crippen molar-refractivity contribution < 1.29 is 13.2 Å². The standard InChI is InChI=1S/C12H19N3O3S/c1-14-12(16)7-8-15(2)19(17,18)11-6-4-3-5-10(11)9-13/h3-6H,7-9,13H2,1-2H3,(H,14,16). The minimum atomic E-state index is -3.61. The van der Waals surface area contributed by atoms with Crippen LogP contribution in [0, 0.1) is 0 Å². The van der Waals surface area contributed by atoms with Crippen molar-refractivity contribution in [2.45, 2.75) is 17.9 Å². The summed E-state index contributed by atoms with van der Waals surface area (Å²) in [7, 11) is -0.648. The van der Waals surface area contributed by atoms with Crippen molar-refractivity contribution in [3.8, 4) is 0 Å². The molecule has 1 amide bonds. The van der Waals surface area contributed by atoms with Crippen LogP contribution < -0.4 is 11.1 Å². The second-order valence-corrected chi connectivity index (χ2v) is 6.07. The fourth-order valence-corrected chi connectivity index (χ4v) is 3.00. The number of nitrogens with one attached hydrogen (secondary N) is 1. The first-order valence-corrected chi connectivity index (χ1v) is 7.32. The van der Waals surface area contributed by atoms with Gasteiger partial charge in [0.25, 0.3) is 0 Å². The van der Waals surface area contributed by atoms with Gasteiger partial charge in [0.15, 0.2) is 0 Å². The average molecular weight is 285 g/mol. The van der Waals surface area contributed by atoms with E-state index in [0.717, 1.165) is 4.31 Å². The minimum absolute atomic E-state index is 0.122. The molecule has 0 aliphatic heterocycles. The number of hydrogen-bond donors (Lipinski definition) is 2. The highest BCUT2D eigenvalue weighted by molar-refractivity contribution is 7.89. The summed E-state index contributed by atoms with van der Waals surface area (Å²) < 4.78 is 25.9. The van der Waals surface area contributed by atoms with Gasteiger partial charge in [-0.25, -0.2) is 12.7 Å². The number of carbonyl (C=O) groups is 1. The Morgan fingerprint density at radius 3 is 2.58 bits per heavy atom. The molecule has 19 heavy (non-hydrogen) atoms. The Bertz CT molecular complexity index is 543. The lowest BCUT2D eigenvalue weighted by Gasteiger charge is -2.18. The van der Waals surface area contributed by atoms with E-state index < -0.39 is 10.0 Å². The molecule has 1 aromatic carbocycles. The number of hydrogen-bond acceptors (Lipinski definition) is 4. The van der Waals surface area contributed by atoms with Crippen LogP contribution in [0.2, 0.25) is 0 Å². The lowest BCUT2D eigenvalue weighted by Crippen LogP contribution is -2.32. The second kappa shape index (κ2) is 6.65. The summed E-state index contributed by atoms with van der Waals surface area (Å²) in [5.74, 6) is -0.200. The van der Waals surface area contributed by atoms with Gasteiger partial charge in [-0.3, -0.25) is 4.79 Å². The summed E-state index contributed by atoms with van der Waals surface area (Å²) in [6.07, 6.45) is 0.122. The molecule has 0 aliphatic carbocycles. The van der Waals surface area contributed by atoms with E-state index in [4.69, 9.17) is 5.73 Å². The second-order valence-electron chi connectivity index (χ2n) is 4.06. The predicted octanol–water partition coefficient (Wildman–Crippen LogP) is -0.0981. The Hall–Kier alpha value is -1.44. The van der Waals surface area contributed by atoms with Gasteiger partial charge in [0, 0.05) is 33.6 Å². The fraction of sp³-hybridized carbons (Fsp3) is 0.417. The average Bonchev–Trinajstić information content (AvgIpc) is 2.43. The quantitative estimate of drug-likeness (QED) is 0.763. The highest BCUT2D eigenvalue weighted by Gasteiger charge is 2.23. The van der Waals surface area contributed by atoms with Gasteiger partial charge < -0.3 is 11.1 Å². The van der Waals surface area contributed by atoms with Crippen molar-refractivity contribution in [1.82, 2.24) is 9.62 Å². The SMILES string of the molecule is CNC(=O)CCN(C)S(=O)(=O)c1ccccc1CN. The van der Waals surface area contributed by atoms with Gasteiger partial charge in [-0.15, -0.1) is 0 Å². The maximum Gasteiger partial charge on any atom is 0.243 e. The lowest BCUT2D eigenvalue weighted by molar-refractivity contribution is -0.120. The normalized spacial score (nSPS) is 11.6. The van der Waals surface area contributed by atoms with Gasteiger partial charge in [-0.2, -0.15) is 0 Å². The van der Waals surface area contributed by atoms with Crippen molar-refractivity contribution in [3.63, 3.8) is 0 Å². The summed E-state index contributed by atoms with van der Waals surface area (Å²) in [6, 6.07) is 6.60. The maximum absolute atomic E-state index is 12.4. The van der Waals surface area contributed by atoms with Gasteiger partial charge in [0.05, 0.1) is 4.90 Å². The molecule has 0 heterocycles.